The maximum absolute atomic E-state index is 3.39. The molecule has 0 radical (unpaired) electrons. The maximum atomic E-state index is 3.39. The van der Waals surface area contributed by atoms with Gasteiger partial charge in [0, 0.05) is 5.33 Å². The van der Waals surface area contributed by atoms with Gasteiger partial charge in [-0.1, -0.05) is 46.3 Å². The lowest BCUT2D eigenvalue weighted by Gasteiger charge is -1.92. The van der Waals surface area contributed by atoms with Gasteiger partial charge in [-0.05, 0) is 12.0 Å². The number of alkyl halides is 1. The minimum absolute atomic E-state index is 0. The van der Waals surface area contributed by atoms with Gasteiger partial charge in [-0.25, -0.2) is 0 Å². The van der Waals surface area contributed by atoms with Crippen molar-refractivity contribution >= 4 is 15.9 Å². The molecule has 0 amide bonds. The standard InChI is InChI=1S/C8H9Br.FH/c9-7-6-8-4-2-1-3-5-8;/h1-5H,6-7H2;1H. The van der Waals surface area contributed by atoms with E-state index < -0.39 is 0 Å². The fourth-order valence-electron chi connectivity index (χ4n) is 0.754. The van der Waals surface area contributed by atoms with Gasteiger partial charge in [-0.2, -0.15) is 0 Å². The minimum atomic E-state index is 0. The first-order valence-corrected chi connectivity index (χ1v) is 4.15. The largest absolute Gasteiger partial charge is 0.269 e. The number of aryl methyl sites for hydroxylation is 1. The second kappa shape index (κ2) is 5.42. The molecule has 0 aliphatic rings. The molecule has 56 valence electrons. The zero-order valence-electron chi connectivity index (χ0n) is 5.59. The van der Waals surface area contributed by atoms with Crippen molar-refractivity contribution in [3.63, 3.8) is 0 Å². The number of hydrogen-bond acceptors (Lipinski definition) is 0. The van der Waals surface area contributed by atoms with E-state index in [0.29, 0.717) is 0 Å². The Bertz CT molecular complexity index is 162. The van der Waals surface area contributed by atoms with Crippen LogP contribution in [0.1, 0.15) is 5.56 Å². The summed E-state index contributed by atoms with van der Waals surface area (Å²) in [4.78, 5) is 0. The van der Waals surface area contributed by atoms with Crippen LogP contribution in [0.3, 0.4) is 0 Å². The van der Waals surface area contributed by atoms with Crippen LogP contribution in [0.25, 0.3) is 0 Å². The van der Waals surface area contributed by atoms with E-state index in [2.05, 4.69) is 40.2 Å². The third-order valence-electron chi connectivity index (χ3n) is 1.23. The van der Waals surface area contributed by atoms with Gasteiger partial charge in [0.25, 0.3) is 0 Å². The molecule has 0 aromatic heterocycles. The molecule has 0 saturated heterocycles. The predicted octanol–water partition coefficient (Wildman–Crippen LogP) is 2.78. The summed E-state index contributed by atoms with van der Waals surface area (Å²) in [5.41, 5.74) is 1.40. The quantitative estimate of drug-likeness (QED) is 0.651. The zero-order valence-corrected chi connectivity index (χ0v) is 7.17. The van der Waals surface area contributed by atoms with Crippen LogP contribution in [-0.4, -0.2) is 5.33 Å². The van der Waals surface area contributed by atoms with E-state index >= 15 is 0 Å². The summed E-state index contributed by atoms with van der Waals surface area (Å²) in [6, 6.07) is 10.5. The molecular formula is C8H10BrF. The average molecular weight is 205 g/mol. The molecule has 1 aromatic carbocycles. The molecule has 0 saturated carbocycles. The van der Waals surface area contributed by atoms with E-state index in [-0.39, 0.29) is 4.70 Å². The van der Waals surface area contributed by atoms with Crippen LogP contribution in [-0.2, 0) is 6.42 Å². The summed E-state index contributed by atoms with van der Waals surface area (Å²) in [5, 5.41) is 1.05. The van der Waals surface area contributed by atoms with Gasteiger partial charge in [-0.3, -0.25) is 4.70 Å². The molecule has 0 N–H and O–H groups in total. The minimum Gasteiger partial charge on any atom is -0.269 e. The Labute approximate surface area is 68.8 Å². The maximum Gasteiger partial charge on any atom is 0.00718 e. The SMILES string of the molecule is BrCCc1ccccc1.F. The molecule has 0 bridgehead atoms. The molecule has 0 nitrogen and oxygen atoms in total. The molecular weight excluding hydrogens is 195 g/mol. The molecule has 1 aromatic rings. The van der Waals surface area contributed by atoms with Crippen LogP contribution < -0.4 is 0 Å². The fourth-order valence-corrected chi connectivity index (χ4v) is 1.21. The first-order chi connectivity index (χ1) is 4.43. The fraction of sp³-hybridized carbons (Fsp3) is 0.250. The molecule has 10 heavy (non-hydrogen) atoms. The van der Waals surface area contributed by atoms with Gasteiger partial charge in [0.15, 0.2) is 0 Å². The zero-order chi connectivity index (χ0) is 6.53. The highest BCUT2D eigenvalue weighted by Gasteiger charge is 1.85. The number of halogens is 2. The number of benzene rings is 1. The van der Waals surface area contributed by atoms with Gasteiger partial charge in [0.05, 0.1) is 0 Å². The summed E-state index contributed by atoms with van der Waals surface area (Å²) >= 11 is 3.39. The molecule has 0 aliphatic heterocycles. The van der Waals surface area contributed by atoms with Gasteiger partial charge in [-0.15, -0.1) is 0 Å². The summed E-state index contributed by atoms with van der Waals surface area (Å²) in [5.74, 6) is 0. The van der Waals surface area contributed by atoms with E-state index in [1.54, 1.807) is 0 Å². The Morgan fingerprint density at radius 2 is 1.70 bits per heavy atom. The monoisotopic (exact) mass is 204 g/mol. The van der Waals surface area contributed by atoms with Gasteiger partial charge < -0.3 is 0 Å². The van der Waals surface area contributed by atoms with E-state index in [9.17, 15) is 0 Å². The van der Waals surface area contributed by atoms with Crippen molar-refractivity contribution < 1.29 is 4.70 Å². The Morgan fingerprint density at radius 3 is 2.20 bits per heavy atom. The summed E-state index contributed by atoms with van der Waals surface area (Å²) in [6.45, 7) is 0. The lowest BCUT2D eigenvalue weighted by atomic mass is 10.2. The van der Waals surface area contributed by atoms with Crippen molar-refractivity contribution in [2.45, 2.75) is 6.42 Å². The van der Waals surface area contributed by atoms with Crippen molar-refractivity contribution in [3.8, 4) is 0 Å². The molecule has 0 atom stereocenters. The first kappa shape index (κ1) is 9.63. The van der Waals surface area contributed by atoms with Crippen LogP contribution in [0.2, 0.25) is 0 Å². The van der Waals surface area contributed by atoms with E-state index in [4.69, 9.17) is 0 Å². The molecule has 2 heteroatoms. The molecule has 0 spiro atoms. The summed E-state index contributed by atoms with van der Waals surface area (Å²) in [6.07, 6.45) is 1.13. The highest BCUT2D eigenvalue weighted by Crippen LogP contribution is 2.00. The van der Waals surface area contributed by atoms with E-state index in [1.807, 2.05) is 6.07 Å². The third kappa shape index (κ3) is 2.97. The number of hydrogen-bond donors (Lipinski definition) is 0. The molecule has 0 unspecified atom stereocenters. The molecule has 1 rings (SSSR count). The third-order valence-corrected chi connectivity index (χ3v) is 1.62. The van der Waals surface area contributed by atoms with Crippen LogP contribution in [0.5, 0.6) is 0 Å². The predicted molar refractivity (Wildman–Crippen MR) is 46.4 cm³/mol. The van der Waals surface area contributed by atoms with E-state index in [1.165, 1.54) is 5.56 Å². The van der Waals surface area contributed by atoms with Crippen molar-refractivity contribution in [2.75, 3.05) is 5.33 Å². The highest BCUT2D eigenvalue weighted by atomic mass is 79.9. The molecule has 0 heterocycles. The Hall–Kier alpha value is -0.370. The van der Waals surface area contributed by atoms with Crippen molar-refractivity contribution in [1.29, 1.82) is 0 Å². The Morgan fingerprint density at radius 1 is 1.10 bits per heavy atom. The lowest BCUT2D eigenvalue weighted by Crippen LogP contribution is -1.82. The van der Waals surface area contributed by atoms with Crippen molar-refractivity contribution in [3.05, 3.63) is 35.9 Å². The van der Waals surface area contributed by atoms with Crippen LogP contribution in [0, 0.1) is 0 Å². The van der Waals surface area contributed by atoms with Crippen LogP contribution in [0.4, 0.5) is 4.70 Å². The Balaban J connectivity index is 0.000000810. The summed E-state index contributed by atoms with van der Waals surface area (Å²) < 4.78 is 0. The molecule has 0 aliphatic carbocycles. The number of rotatable bonds is 2. The highest BCUT2D eigenvalue weighted by molar-refractivity contribution is 9.09. The normalized spacial score (nSPS) is 8.50. The summed E-state index contributed by atoms with van der Waals surface area (Å²) in [7, 11) is 0. The first-order valence-electron chi connectivity index (χ1n) is 3.03. The topological polar surface area (TPSA) is 0 Å². The average Bonchev–Trinajstić information content (AvgIpc) is 1.91. The second-order valence-electron chi connectivity index (χ2n) is 1.92. The van der Waals surface area contributed by atoms with Gasteiger partial charge >= 0.3 is 0 Å². The van der Waals surface area contributed by atoms with Gasteiger partial charge in [0.1, 0.15) is 0 Å². The smallest absolute Gasteiger partial charge is 0.00718 e. The van der Waals surface area contributed by atoms with Crippen molar-refractivity contribution in [2.24, 2.45) is 0 Å². The van der Waals surface area contributed by atoms with Crippen molar-refractivity contribution in [1.82, 2.24) is 0 Å². The van der Waals surface area contributed by atoms with E-state index in [0.717, 1.165) is 11.8 Å². The second-order valence-corrected chi connectivity index (χ2v) is 2.72. The Kier molecular flexibility index (Phi) is 5.22. The van der Waals surface area contributed by atoms with Crippen LogP contribution in [0.15, 0.2) is 30.3 Å². The lowest BCUT2D eigenvalue weighted by molar-refractivity contribution is 1.11. The van der Waals surface area contributed by atoms with Crippen LogP contribution >= 0.6 is 15.9 Å². The molecule has 0 fully saturated rings. The van der Waals surface area contributed by atoms with Gasteiger partial charge in [0.2, 0.25) is 0 Å².